The fraction of sp³-hybridized carbons (Fsp3) is 0.316. The van der Waals surface area contributed by atoms with Gasteiger partial charge in [-0.15, -0.1) is 13.2 Å². The van der Waals surface area contributed by atoms with Gasteiger partial charge in [-0.1, -0.05) is 48.5 Å². The maximum absolute atomic E-state index is 13.1. The van der Waals surface area contributed by atoms with Crippen LogP contribution in [0.3, 0.4) is 0 Å². The normalized spacial score (nSPS) is 22.7. The van der Waals surface area contributed by atoms with Crippen molar-refractivity contribution in [2.45, 2.75) is 24.7 Å². The molecule has 1 aliphatic rings. The van der Waals surface area contributed by atoms with Gasteiger partial charge < -0.3 is 10.5 Å². The van der Waals surface area contributed by atoms with Gasteiger partial charge in [0.25, 0.3) is 0 Å². The molecule has 0 radical (unpaired) electrons. The third-order valence-electron chi connectivity index (χ3n) is 4.39. The molecule has 1 aliphatic heterocycles. The summed E-state index contributed by atoms with van der Waals surface area (Å²) in [7, 11) is 0. The molecule has 9 heteroatoms. The van der Waals surface area contributed by atoms with Crippen LogP contribution in [0.5, 0.6) is 5.75 Å². The van der Waals surface area contributed by atoms with Gasteiger partial charge in [0.2, 0.25) is 5.72 Å². The van der Waals surface area contributed by atoms with Crippen molar-refractivity contribution in [1.29, 1.82) is 0 Å². The SMILES string of the molecule is NC(=O)N1CCNC(OC(F)(F)F)C1(Cc1ccccc1)Oc1ccccc1. The van der Waals surface area contributed by atoms with Crippen LogP contribution in [0.1, 0.15) is 5.56 Å². The Labute approximate surface area is 160 Å². The number of urea groups is 1. The molecule has 2 unspecified atom stereocenters. The van der Waals surface area contributed by atoms with E-state index >= 15 is 0 Å². The summed E-state index contributed by atoms with van der Waals surface area (Å²) >= 11 is 0. The summed E-state index contributed by atoms with van der Waals surface area (Å²) in [6.45, 7) is 0.130. The highest BCUT2D eigenvalue weighted by atomic mass is 19.4. The van der Waals surface area contributed by atoms with Gasteiger partial charge in [-0.2, -0.15) is 0 Å². The van der Waals surface area contributed by atoms with Crippen LogP contribution in [0, 0.1) is 0 Å². The molecule has 0 spiro atoms. The smallest absolute Gasteiger partial charge is 0.463 e. The molecule has 0 aromatic heterocycles. The van der Waals surface area contributed by atoms with E-state index in [0.29, 0.717) is 5.56 Å². The number of halogens is 3. The Morgan fingerprint density at radius 1 is 1.14 bits per heavy atom. The first-order valence-electron chi connectivity index (χ1n) is 8.63. The Morgan fingerprint density at radius 2 is 1.75 bits per heavy atom. The van der Waals surface area contributed by atoms with Crippen LogP contribution in [-0.2, 0) is 11.2 Å². The molecule has 3 rings (SSSR count). The summed E-state index contributed by atoms with van der Waals surface area (Å²) in [4.78, 5) is 13.2. The fourth-order valence-corrected chi connectivity index (χ4v) is 3.28. The van der Waals surface area contributed by atoms with Crippen LogP contribution in [-0.4, -0.2) is 42.3 Å². The topological polar surface area (TPSA) is 76.8 Å². The fourth-order valence-electron chi connectivity index (χ4n) is 3.28. The molecule has 0 saturated carbocycles. The first-order valence-corrected chi connectivity index (χ1v) is 8.63. The van der Waals surface area contributed by atoms with E-state index in [2.05, 4.69) is 10.1 Å². The van der Waals surface area contributed by atoms with Crippen LogP contribution in [0.25, 0.3) is 0 Å². The Kier molecular flexibility index (Phi) is 5.76. The Hall–Kier alpha value is -2.78. The number of rotatable bonds is 5. The number of carbonyl (C=O) groups excluding carboxylic acids is 1. The molecular formula is C19H20F3N3O3. The van der Waals surface area contributed by atoms with Crippen molar-refractivity contribution in [2.24, 2.45) is 5.73 Å². The van der Waals surface area contributed by atoms with Crippen LogP contribution < -0.4 is 15.8 Å². The van der Waals surface area contributed by atoms with Crippen molar-refractivity contribution in [2.75, 3.05) is 13.1 Å². The van der Waals surface area contributed by atoms with Gasteiger partial charge in [0.15, 0.2) is 6.23 Å². The molecule has 2 aromatic rings. The number of primary amides is 1. The first-order chi connectivity index (χ1) is 13.3. The lowest BCUT2D eigenvalue weighted by Gasteiger charge is -2.50. The van der Waals surface area contributed by atoms with E-state index in [1.165, 1.54) is 0 Å². The zero-order valence-corrected chi connectivity index (χ0v) is 14.9. The molecule has 2 aromatic carbocycles. The number of benzene rings is 2. The molecule has 150 valence electrons. The highest BCUT2D eigenvalue weighted by Crippen LogP contribution is 2.34. The second-order valence-electron chi connectivity index (χ2n) is 6.31. The molecule has 2 atom stereocenters. The minimum atomic E-state index is -4.94. The van der Waals surface area contributed by atoms with Crippen molar-refractivity contribution in [1.82, 2.24) is 10.2 Å². The standard InChI is InChI=1S/C19H20F3N3O3/c20-19(21,22)28-16-18(13-14-7-3-1-4-8-14,25(17(23)26)12-11-24-16)27-15-9-5-2-6-10-15/h1-10,16,24H,11-13H2,(H2,23,26). The van der Waals surface area contributed by atoms with Gasteiger partial charge >= 0.3 is 12.4 Å². The van der Waals surface area contributed by atoms with Crippen LogP contribution in [0.2, 0.25) is 0 Å². The number of hydrogen-bond acceptors (Lipinski definition) is 4. The summed E-state index contributed by atoms with van der Waals surface area (Å²) in [5, 5.41) is 2.68. The number of carbonyl (C=O) groups is 1. The second kappa shape index (κ2) is 8.07. The van der Waals surface area contributed by atoms with Gasteiger partial charge in [0.1, 0.15) is 5.75 Å². The van der Waals surface area contributed by atoms with Crippen LogP contribution in [0.15, 0.2) is 60.7 Å². The Bertz CT molecular complexity index is 746. The largest absolute Gasteiger partial charge is 0.524 e. The van der Waals surface area contributed by atoms with Crippen LogP contribution >= 0.6 is 0 Å². The number of ether oxygens (including phenoxy) is 2. The number of nitrogens with zero attached hydrogens (tertiary/aromatic N) is 1. The minimum absolute atomic E-state index is 0.0622. The van der Waals surface area contributed by atoms with Crippen LogP contribution in [0.4, 0.5) is 18.0 Å². The van der Waals surface area contributed by atoms with Crippen molar-refractivity contribution >= 4 is 6.03 Å². The van der Waals surface area contributed by atoms with Gasteiger partial charge in [-0.3, -0.25) is 15.0 Å². The van der Waals surface area contributed by atoms with E-state index in [1.54, 1.807) is 60.7 Å². The molecule has 0 aliphatic carbocycles. The lowest BCUT2D eigenvalue weighted by molar-refractivity contribution is -0.375. The molecule has 2 amide bonds. The summed E-state index contributed by atoms with van der Waals surface area (Å²) in [5.41, 5.74) is 4.33. The lowest BCUT2D eigenvalue weighted by Crippen LogP contribution is -2.74. The molecule has 6 nitrogen and oxygen atoms in total. The zero-order chi connectivity index (χ0) is 20.2. The maximum atomic E-state index is 13.1. The van der Waals surface area contributed by atoms with Crippen molar-refractivity contribution in [3.63, 3.8) is 0 Å². The number of para-hydroxylation sites is 1. The number of hydrogen-bond donors (Lipinski definition) is 2. The third kappa shape index (κ3) is 4.55. The number of piperazine rings is 1. The Morgan fingerprint density at radius 3 is 2.32 bits per heavy atom. The quantitative estimate of drug-likeness (QED) is 0.816. The van der Waals surface area contributed by atoms with E-state index in [4.69, 9.17) is 10.5 Å². The molecule has 0 bridgehead atoms. The minimum Gasteiger partial charge on any atom is -0.463 e. The first kappa shape index (κ1) is 20.0. The monoisotopic (exact) mass is 395 g/mol. The highest BCUT2D eigenvalue weighted by Gasteiger charge is 2.55. The van der Waals surface area contributed by atoms with Gasteiger partial charge in [0.05, 0.1) is 0 Å². The second-order valence-corrected chi connectivity index (χ2v) is 6.31. The lowest BCUT2D eigenvalue weighted by atomic mass is 9.96. The van der Waals surface area contributed by atoms with E-state index < -0.39 is 24.3 Å². The molecule has 3 N–H and O–H groups in total. The number of nitrogens with two attached hydrogens (primary N) is 1. The predicted molar refractivity (Wildman–Crippen MR) is 95.2 cm³/mol. The molecule has 1 fully saturated rings. The van der Waals surface area contributed by atoms with E-state index in [-0.39, 0.29) is 25.3 Å². The summed E-state index contributed by atoms with van der Waals surface area (Å²) in [5.74, 6) is 0.282. The van der Waals surface area contributed by atoms with Gasteiger partial charge in [-0.25, -0.2) is 4.79 Å². The number of nitrogens with one attached hydrogen (secondary N) is 1. The maximum Gasteiger partial charge on any atom is 0.524 e. The highest BCUT2D eigenvalue weighted by molar-refractivity contribution is 5.73. The molecule has 1 saturated heterocycles. The van der Waals surface area contributed by atoms with Gasteiger partial charge in [0, 0.05) is 19.5 Å². The van der Waals surface area contributed by atoms with E-state index in [1.807, 2.05) is 0 Å². The third-order valence-corrected chi connectivity index (χ3v) is 4.39. The van der Waals surface area contributed by atoms with E-state index in [0.717, 1.165) is 4.90 Å². The average Bonchev–Trinajstić information content (AvgIpc) is 2.64. The number of amides is 2. The summed E-state index contributed by atoms with van der Waals surface area (Å²) in [6.07, 6.45) is -6.70. The number of alkyl halides is 3. The summed E-state index contributed by atoms with van der Waals surface area (Å²) in [6, 6.07) is 16.1. The molecular weight excluding hydrogens is 375 g/mol. The van der Waals surface area contributed by atoms with E-state index in [9.17, 15) is 18.0 Å². The predicted octanol–water partition coefficient (Wildman–Crippen LogP) is 2.85. The average molecular weight is 395 g/mol. The van der Waals surface area contributed by atoms with Crippen molar-refractivity contribution in [3.8, 4) is 5.75 Å². The summed E-state index contributed by atoms with van der Waals surface area (Å²) < 4.78 is 49.8. The molecule has 28 heavy (non-hydrogen) atoms. The van der Waals surface area contributed by atoms with Gasteiger partial charge in [-0.05, 0) is 17.7 Å². The Balaban J connectivity index is 2.09. The van der Waals surface area contributed by atoms with Crippen molar-refractivity contribution in [3.05, 3.63) is 66.2 Å². The molecule has 1 heterocycles. The zero-order valence-electron chi connectivity index (χ0n) is 14.9. The van der Waals surface area contributed by atoms with Crippen molar-refractivity contribution < 1.29 is 27.4 Å².